The summed E-state index contributed by atoms with van der Waals surface area (Å²) in [6, 6.07) is 16.7. The Balaban J connectivity index is 1.63. The van der Waals surface area contributed by atoms with Crippen LogP contribution in [-0.2, 0) is 6.54 Å². The maximum atomic E-state index is 10.7. The van der Waals surface area contributed by atoms with Crippen LogP contribution in [0.5, 0.6) is 0 Å². The van der Waals surface area contributed by atoms with Crippen LogP contribution in [0.2, 0.25) is 0 Å². The number of fused-ring (bicyclic) bond motifs is 2. The summed E-state index contributed by atoms with van der Waals surface area (Å²) in [6.07, 6.45) is 3.19. The predicted octanol–water partition coefficient (Wildman–Crippen LogP) is 3.86. The fourth-order valence-electron chi connectivity index (χ4n) is 3.07. The molecule has 1 atom stereocenters. The highest BCUT2D eigenvalue weighted by Crippen LogP contribution is 2.47. The topological polar surface area (TPSA) is 41.3 Å². The molecule has 122 valence electrons. The van der Waals surface area contributed by atoms with Crippen molar-refractivity contribution in [1.82, 2.24) is 9.55 Å². The number of aromatic nitrogens is 2. The van der Waals surface area contributed by atoms with Gasteiger partial charge in [-0.15, -0.1) is 0 Å². The molecule has 1 N–H and O–H groups in total. The van der Waals surface area contributed by atoms with Crippen LogP contribution in [-0.4, -0.2) is 27.3 Å². The fraction of sp³-hybridized carbons (Fsp3) is 0.211. The summed E-state index contributed by atoms with van der Waals surface area (Å²) in [5, 5.41) is 10.7. The van der Waals surface area contributed by atoms with Crippen molar-refractivity contribution in [1.29, 1.82) is 0 Å². The van der Waals surface area contributed by atoms with E-state index in [-0.39, 0.29) is 0 Å². The monoisotopic (exact) mass is 337 g/mol. The van der Waals surface area contributed by atoms with E-state index >= 15 is 0 Å². The van der Waals surface area contributed by atoms with Crippen molar-refractivity contribution < 1.29 is 5.11 Å². The maximum Gasteiger partial charge on any atom is 0.105 e. The Hall–Kier alpha value is -2.24. The standard InChI is InChI=1S/C19H19N3OS/c1-14-20-10-11-21(14)12-15(23)13-22-16-6-2-4-8-18(16)24-19-9-5-3-7-17(19)22/h2-11,15,23H,12-13H2,1H3. The highest BCUT2D eigenvalue weighted by Gasteiger charge is 2.24. The lowest BCUT2D eigenvalue weighted by Gasteiger charge is -2.34. The number of nitrogens with zero attached hydrogens (tertiary/aromatic N) is 3. The molecule has 4 nitrogen and oxygen atoms in total. The smallest absolute Gasteiger partial charge is 0.105 e. The van der Waals surface area contributed by atoms with Crippen LogP contribution in [0.4, 0.5) is 11.4 Å². The van der Waals surface area contributed by atoms with E-state index in [0.29, 0.717) is 13.1 Å². The van der Waals surface area contributed by atoms with Gasteiger partial charge in [-0.05, 0) is 31.2 Å². The molecule has 24 heavy (non-hydrogen) atoms. The highest BCUT2D eigenvalue weighted by atomic mass is 32.2. The molecule has 0 amide bonds. The summed E-state index contributed by atoms with van der Waals surface area (Å²) < 4.78 is 1.99. The molecule has 2 aromatic carbocycles. The zero-order valence-corrected chi connectivity index (χ0v) is 14.3. The van der Waals surface area contributed by atoms with Crippen molar-refractivity contribution in [2.45, 2.75) is 29.4 Å². The van der Waals surface area contributed by atoms with Gasteiger partial charge in [0.15, 0.2) is 0 Å². The van der Waals surface area contributed by atoms with Crippen molar-refractivity contribution >= 4 is 23.1 Å². The van der Waals surface area contributed by atoms with Crippen LogP contribution in [0.1, 0.15) is 5.82 Å². The first-order valence-corrected chi connectivity index (χ1v) is 8.83. The fourth-order valence-corrected chi connectivity index (χ4v) is 4.17. The quantitative estimate of drug-likeness (QED) is 0.785. The Morgan fingerprint density at radius 2 is 1.62 bits per heavy atom. The number of hydrogen-bond donors (Lipinski definition) is 1. The summed E-state index contributed by atoms with van der Waals surface area (Å²) in [4.78, 5) is 8.89. The van der Waals surface area contributed by atoms with Crippen LogP contribution in [0.3, 0.4) is 0 Å². The lowest BCUT2D eigenvalue weighted by molar-refractivity contribution is 0.161. The highest BCUT2D eigenvalue weighted by molar-refractivity contribution is 7.99. The lowest BCUT2D eigenvalue weighted by atomic mass is 10.2. The molecule has 4 rings (SSSR count). The van der Waals surface area contributed by atoms with Gasteiger partial charge in [-0.3, -0.25) is 0 Å². The summed E-state index contributed by atoms with van der Waals surface area (Å²) in [7, 11) is 0. The van der Waals surface area contributed by atoms with Gasteiger partial charge in [0.25, 0.3) is 0 Å². The summed E-state index contributed by atoms with van der Waals surface area (Å²) in [6.45, 7) is 3.04. The third-order valence-corrected chi connectivity index (χ3v) is 5.39. The van der Waals surface area contributed by atoms with Crippen molar-refractivity contribution in [3.05, 3.63) is 66.7 Å². The first-order valence-electron chi connectivity index (χ1n) is 8.01. The van der Waals surface area contributed by atoms with Gasteiger partial charge in [-0.25, -0.2) is 4.98 Å². The van der Waals surface area contributed by atoms with Crippen molar-refractivity contribution in [3.8, 4) is 0 Å². The molecule has 1 aromatic heterocycles. The van der Waals surface area contributed by atoms with E-state index in [1.54, 1.807) is 18.0 Å². The molecule has 0 spiro atoms. The molecular formula is C19H19N3OS. The minimum atomic E-state index is -0.484. The van der Waals surface area contributed by atoms with E-state index in [4.69, 9.17) is 0 Å². The predicted molar refractivity (Wildman–Crippen MR) is 97.0 cm³/mol. The molecule has 3 aromatic rings. The van der Waals surface area contributed by atoms with E-state index in [0.717, 1.165) is 17.2 Å². The Morgan fingerprint density at radius 3 is 2.21 bits per heavy atom. The first-order chi connectivity index (χ1) is 11.7. The molecule has 1 unspecified atom stereocenters. The van der Waals surface area contributed by atoms with Gasteiger partial charge < -0.3 is 14.6 Å². The Kier molecular flexibility index (Phi) is 4.04. The van der Waals surface area contributed by atoms with Gasteiger partial charge in [0.2, 0.25) is 0 Å². The maximum absolute atomic E-state index is 10.7. The van der Waals surface area contributed by atoms with Crippen LogP contribution in [0.15, 0.2) is 70.7 Å². The van der Waals surface area contributed by atoms with Crippen LogP contribution >= 0.6 is 11.8 Å². The summed E-state index contributed by atoms with van der Waals surface area (Å²) >= 11 is 1.78. The van der Waals surface area contributed by atoms with E-state index in [1.807, 2.05) is 29.8 Å². The van der Waals surface area contributed by atoms with E-state index < -0.39 is 6.10 Å². The van der Waals surface area contributed by atoms with Crippen molar-refractivity contribution in [2.75, 3.05) is 11.4 Å². The lowest BCUT2D eigenvalue weighted by Crippen LogP contribution is -2.33. The summed E-state index contributed by atoms with van der Waals surface area (Å²) in [5.41, 5.74) is 2.31. The van der Waals surface area contributed by atoms with E-state index in [9.17, 15) is 5.11 Å². The third kappa shape index (κ3) is 2.81. The molecule has 1 aliphatic rings. The second kappa shape index (κ2) is 6.34. The number of hydrogen-bond acceptors (Lipinski definition) is 4. The van der Waals surface area contributed by atoms with Crippen LogP contribution < -0.4 is 4.90 Å². The summed E-state index contributed by atoms with van der Waals surface area (Å²) in [5.74, 6) is 0.920. The van der Waals surface area contributed by atoms with Gasteiger partial charge in [-0.2, -0.15) is 0 Å². The molecule has 0 saturated heterocycles. The average Bonchev–Trinajstić information content (AvgIpc) is 2.99. The van der Waals surface area contributed by atoms with Crippen molar-refractivity contribution in [3.63, 3.8) is 0 Å². The van der Waals surface area contributed by atoms with E-state index in [1.165, 1.54) is 9.79 Å². The number of aryl methyl sites for hydroxylation is 1. The molecule has 0 saturated carbocycles. The molecule has 0 bridgehead atoms. The molecular weight excluding hydrogens is 318 g/mol. The third-order valence-electron chi connectivity index (χ3n) is 4.26. The Morgan fingerprint density at radius 1 is 1.00 bits per heavy atom. The molecule has 0 aliphatic carbocycles. The Bertz CT molecular complexity index is 816. The number of anilines is 2. The first kappa shape index (κ1) is 15.3. The zero-order valence-electron chi connectivity index (χ0n) is 13.5. The number of rotatable bonds is 4. The second-order valence-corrected chi connectivity index (χ2v) is 7.01. The van der Waals surface area contributed by atoms with E-state index in [2.05, 4.69) is 46.3 Å². The van der Waals surface area contributed by atoms with Crippen LogP contribution in [0.25, 0.3) is 0 Å². The minimum absolute atomic E-state index is 0.484. The van der Waals surface area contributed by atoms with Gasteiger partial charge >= 0.3 is 0 Å². The largest absolute Gasteiger partial charge is 0.389 e. The average molecular weight is 337 g/mol. The molecule has 2 heterocycles. The molecule has 0 fully saturated rings. The Labute approximate surface area is 145 Å². The van der Waals surface area contributed by atoms with Gasteiger partial charge in [0.1, 0.15) is 5.82 Å². The minimum Gasteiger partial charge on any atom is -0.389 e. The van der Waals surface area contributed by atoms with Gasteiger partial charge in [-0.1, -0.05) is 36.0 Å². The van der Waals surface area contributed by atoms with Gasteiger partial charge in [0, 0.05) is 22.2 Å². The molecule has 0 radical (unpaired) electrons. The van der Waals surface area contributed by atoms with Gasteiger partial charge in [0.05, 0.1) is 30.6 Å². The number of aliphatic hydroxyl groups is 1. The number of benzene rings is 2. The molecule has 5 heteroatoms. The number of β-amino-alcohol motifs (C(OH)–C–C–N with tert-alkyl or cyclic N) is 1. The molecule has 1 aliphatic heterocycles. The number of para-hydroxylation sites is 2. The zero-order chi connectivity index (χ0) is 16.5. The van der Waals surface area contributed by atoms with Crippen LogP contribution in [0, 0.1) is 6.92 Å². The second-order valence-electron chi connectivity index (χ2n) is 5.93. The SMILES string of the molecule is Cc1nccn1CC(O)CN1c2ccccc2Sc2ccccc21. The number of aliphatic hydroxyl groups excluding tert-OH is 1. The number of imidazole rings is 1. The van der Waals surface area contributed by atoms with Crippen molar-refractivity contribution in [2.24, 2.45) is 0 Å². The normalized spacial score (nSPS) is 14.2.